The number of nitro benzene ring substituents is 1. The van der Waals surface area contributed by atoms with Gasteiger partial charge >= 0.3 is 6.01 Å². The summed E-state index contributed by atoms with van der Waals surface area (Å²) >= 11 is 0. The maximum atomic E-state index is 12.9. The summed E-state index contributed by atoms with van der Waals surface area (Å²) in [5.41, 5.74) is 1.72. The van der Waals surface area contributed by atoms with Crippen LogP contribution in [0.25, 0.3) is 0 Å². The topological polar surface area (TPSA) is 98.5 Å². The number of aromatic nitrogens is 2. The summed E-state index contributed by atoms with van der Waals surface area (Å²) < 4.78 is 5.84. The highest BCUT2D eigenvalue weighted by Gasteiger charge is 2.28. The zero-order valence-corrected chi connectivity index (χ0v) is 15.4. The average Bonchev–Trinajstić information content (AvgIpc) is 2.68. The number of hydrogen-bond acceptors (Lipinski definition) is 6. The van der Waals surface area contributed by atoms with E-state index in [4.69, 9.17) is 4.74 Å². The third-order valence-corrected chi connectivity index (χ3v) is 4.76. The lowest BCUT2D eigenvalue weighted by Gasteiger charge is -2.32. The number of carbonyl (C=O) groups excluding carboxylic acids is 1. The number of carbonyl (C=O) groups is 1. The van der Waals surface area contributed by atoms with E-state index in [2.05, 4.69) is 9.97 Å². The van der Waals surface area contributed by atoms with Gasteiger partial charge in [0, 0.05) is 36.1 Å². The predicted octanol–water partition coefficient (Wildman–Crippen LogP) is 2.94. The van der Waals surface area contributed by atoms with Crippen LogP contribution in [-0.4, -0.2) is 44.9 Å². The van der Waals surface area contributed by atoms with Crippen molar-refractivity contribution < 1.29 is 14.5 Å². The molecular weight excluding hydrogens is 348 g/mol. The molecule has 0 N–H and O–H groups in total. The van der Waals surface area contributed by atoms with E-state index in [1.54, 1.807) is 36.4 Å². The van der Waals surface area contributed by atoms with E-state index in [1.807, 2.05) is 6.92 Å². The fourth-order valence-corrected chi connectivity index (χ4v) is 3.18. The highest BCUT2D eigenvalue weighted by atomic mass is 16.6. The molecule has 0 bridgehead atoms. The minimum absolute atomic E-state index is 0.0462. The molecule has 2 aromatic rings. The first-order chi connectivity index (χ1) is 13.0. The van der Waals surface area contributed by atoms with Gasteiger partial charge in [0.25, 0.3) is 11.6 Å². The first-order valence-electron chi connectivity index (χ1n) is 9.00. The fraction of sp³-hybridized carbons (Fsp3) is 0.421. The summed E-state index contributed by atoms with van der Waals surface area (Å²) in [6.45, 7) is 4.63. The van der Waals surface area contributed by atoms with Gasteiger partial charge in [-0.2, -0.15) is 0 Å². The number of nitrogens with zero attached hydrogens (tertiary/aromatic N) is 4. The number of likely N-dealkylation sites (tertiary alicyclic amines) is 1. The van der Waals surface area contributed by atoms with Crippen molar-refractivity contribution in [1.29, 1.82) is 0 Å². The molecule has 0 spiro atoms. The molecule has 1 amide bonds. The van der Waals surface area contributed by atoms with Crippen LogP contribution in [0.4, 0.5) is 5.69 Å². The summed E-state index contributed by atoms with van der Waals surface area (Å²) in [7, 11) is 0. The van der Waals surface area contributed by atoms with E-state index in [9.17, 15) is 14.9 Å². The smallest absolute Gasteiger partial charge is 0.316 e. The van der Waals surface area contributed by atoms with Gasteiger partial charge in [0.05, 0.1) is 11.5 Å². The second-order valence-electron chi connectivity index (χ2n) is 6.57. The standard InChI is InChI=1S/C19H22N4O4/c1-3-14-10-20-19(21-11-14)27-15-6-5-9-22(12-15)18(24)16-7-4-8-17(13(16)2)23(25)26/h4,7-8,10-11,15H,3,5-6,9,12H2,1-2H3. The lowest BCUT2D eigenvalue weighted by molar-refractivity contribution is -0.385. The molecule has 27 heavy (non-hydrogen) atoms. The molecule has 8 heteroatoms. The number of hydrogen-bond donors (Lipinski definition) is 0. The Balaban J connectivity index is 1.71. The SMILES string of the molecule is CCc1cnc(OC2CCCN(C(=O)c3cccc([N+](=O)[O-])c3C)C2)nc1. The van der Waals surface area contributed by atoms with Crippen LogP contribution in [0, 0.1) is 17.0 Å². The van der Waals surface area contributed by atoms with Crippen LogP contribution in [0.2, 0.25) is 0 Å². The van der Waals surface area contributed by atoms with Crippen molar-refractivity contribution in [2.75, 3.05) is 13.1 Å². The molecule has 1 aliphatic rings. The van der Waals surface area contributed by atoms with E-state index in [1.165, 1.54) is 6.07 Å². The van der Waals surface area contributed by atoms with Gasteiger partial charge in [0.1, 0.15) is 6.10 Å². The number of ether oxygens (including phenoxy) is 1. The van der Waals surface area contributed by atoms with Gasteiger partial charge in [-0.05, 0) is 37.8 Å². The third-order valence-electron chi connectivity index (χ3n) is 4.76. The number of rotatable bonds is 5. The second kappa shape index (κ2) is 8.11. The van der Waals surface area contributed by atoms with Crippen molar-refractivity contribution in [3.8, 4) is 6.01 Å². The molecule has 1 atom stereocenters. The predicted molar refractivity (Wildman–Crippen MR) is 98.8 cm³/mol. The van der Waals surface area contributed by atoms with Gasteiger partial charge in [0.2, 0.25) is 0 Å². The minimum atomic E-state index is -0.467. The van der Waals surface area contributed by atoms with Crippen LogP contribution in [0.5, 0.6) is 6.01 Å². The molecule has 1 unspecified atom stereocenters. The molecule has 0 aliphatic carbocycles. The molecule has 1 aromatic carbocycles. The Hall–Kier alpha value is -3.03. The summed E-state index contributed by atoms with van der Waals surface area (Å²) in [6.07, 6.45) is 5.72. The molecule has 3 rings (SSSR count). The number of nitro groups is 1. The minimum Gasteiger partial charge on any atom is -0.458 e. The van der Waals surface area contributed by atoms with Crippen LogP contribution in [0.3, 0.4) is 0 Å². The molecule has 1 fully saturated rings. The van der Waals surface area contributed by atoms with Crippen molar-refractivity contribution in [2.45, 2.75) is 39.2 Å². The maximum absolute atomic E-state index is 12.9. The molecule has 0 saturated carbocycles. The van der Waals surface area contributed by atoms with E-state index >= 15 is 0 Å². The first kappa shape index (κ1) is 18.8. The van der Waals surface area contributed by atoms with Crippen LogP contribution < -0.4 is 4.74 Å². The Morgan fingerprint density at radius 3 is 2.78 bits per heavy atom. The van der Waals surface area contributed by atoms with Gasteiger partial charge in [-0.25, -0.2) is 9.97 Å². The summed E-state index contributed by atoms with van der Waals surface area (Å²) in [5.74, 6) is -0.216. The van der Waals surface area contributed by atoms with Crippen LogP contribution in [0.1, 0.15) is 41.3 Å². The van der Waals surface area contributed by atoms with Crippen molar-refractivity contribution in [1.82, 2.24) is 14.9 Å². The Morgan fingerprint density at radius 1 is 1.37 bits per heavy atom. The zero-order chi connectivity index (χ0) is 19.4. The van der Waals surface area contributed by atoms with E-state index in [-0.39, 0.29) is 17.7 Å². The lowest BCUT2D eigenvalue weighted by atomic mass is 10.0. The van der Waals surface area contributed by atoms with Gasteiger partial charge in [-0.1, -0.05) is 13.0 Å². The van der Waals surface area contributed by atoms with Crippen LogP contribution in [0.15, 0.2) is 30.6 Å². The quantitative estimate of drug-likeness (QED) is 0.593. The van der Waals surface area contributed by atoms with Gasteiger partial charge in [-0.3, -0.25) is 14.9 Å². The molecule has 1 aliphatic heterocycles. The molecule has 0 radical (unpaired) electrons. The van der Waals surface area contributed by atoms with Crippen molar-refractivity contribution >= 4 is 11.6 Å². The highest BCUT2D eigenvalue weighted by Crippen LogP contribution is 2.24. The Labute approximate surface area is 157 Å². The Kier molecular flexibility index (Phi) is 5.63. The zero-order valence-electron chi connectivity index (χ0n) is 15.4. The molecular formula is C19H22N4O4. The number of piperidine rings is 1. The second-order valence-corrected chi connectivity index (χ2v) is 6.57. The Bertz CT molecular complexity index is 838. The van der Waals surface area contributed by atoms with Crippen LogP contribution in [-0.2, 0) is 6.42 Å². The normalized spacial score (nSPS) is 16.8. The van der Waals surface area contributed by atoms with Crippen molar-refractivity contribution in [3.05, 3.63) is 57.4 Å². The third kappa shape index (κ3) is 4.21. The summed E-state index contributed by atoms with van der Waals surface area (Å²) in [4.78, 5) is 33.6. The van der Waals surface area contributed by atoms with E-state index < -0.39 is 4.92 Å². The van der Waals surface area contributed by atoms with Crippen LogP contribution >= 0.6 is 0 Å². The molecule has 1 aromatic heterocycles. The van der Waals surface area contributed by atoms with E-state index in [0.29, 0.717) is 30.2 Å². The monoisotopic (exact) mass is 370 g/mol. The maximum Gasteiger partial charge on any atom is 0.316 e. The lowest BCUT2D eigenvalue weighted by Crippen LogP contribution is -2.44. The molecule has 8 nitrogen and oxygen atoms in total. The molecule has 1 saturated heterocycles. The van der Waals surface area contributed by atoms with E-state index in [0.717, 1.165) is 24.8 Å². The highest BCUT2D eigenvalue weighted by molar-refractivity contribution is 5.96. The van der Waals surface area contributed by atoms with Gasteiger partial charge < -0.3 is 9.64 Å². The molecule has 2 heterocycles. The summed E-state index contributed by atoms with van der Waals surface area (Å²) in [6, 6.07) is 4.88. The van der Waals surface area contributed by atoms with Gasteiger partial charge in [0.15, 0.2) is 0 Å². The molecule has 142 valence electrons. The fourth-order valence-electron chi connectivity index (χ4n) is 3.18. The average molecular weight is 370 g/mol. The first-order valence-corrected chi connectivity index (χ1v) is 9.00. The van der Waals surface area contributed by atoms with Crippen molar-refractivity contribution in [2.24, 2.45) is 0 Å². The number of aryl methyl sites for hydroxylation is 1. The van der Waals surface area contributed by atoms with Crippen molar-refractivity contribution in [3.63, 3.8) is 0 Å². The number of amides is 1. The Morgan fingerprint density at radius 2 is 2.11 bits per heavy atom. The largest absolute Gasteiger partial charge is 0.458 e. The summed E-state index contributed by atoms with van der Waals surface area (Å²) in [5, 5.41) is 11.1. The number of benzene rings is 1. The van der Waals surface area contributed by atoms with Gasteiger partial charge in [-0.15, -0.1) is 0 Å².